The van der Waals surface area contributed by atoms with Crippen molar-refractivity contribution >= 4 is 39.2 Å². The van der Waals surface area contributed by atoms with Gasteiger partial charge in [0, 0.05) is 5.69 Å². The lowest BCUT2D eigenvalue weighted by atomic mass is 10.2. The van der Waals surface area contributed by atoms with Crippen molar-refractivity contribution in [1.29, 1.82) is 0 Å². The first kappa shape index (κ1) is 25.6. The van der Waals surface area contributed by atoms with Crippen molar-refractivity contribution in [2.75, 3.05) is 18.5 Å². The van der Waals surface area contributed by atoms with Gasteiger partial charge in [-0.3, -0.25) is 4.79 Å². The number of benzene rings is 2. The van der Waals surface area contributed by atoms with Crippen LogP contribution in [-0.4, -0.2) is 39.5 Å². The number of esters is 1. The van der Waals surface area contributed by atoms with Crippen molar-refractivity contribution < 1.29 is 27.5 Å². The maximum Gasteiger partial charge on any atom is 0.338 e. The maximum atomic E-state index is 12.6. The second kappa shape index (κ2) is 11.8. The number of carbonyl (C=O) groups is 2. The molecule has 0 aromatic heterocycles. The lowest BCUT2D eigenvalue weighted by molar-refractivity contribution is -0.117. The van der Waals surface area contributed by atoms with E-state index in [0.29, 0.717) is 30.2 Å². The smallest absolute Gasteiger partial charge is 0.338 e. The predicted octanol–water partition coefficient (Wildman–Crippen LogP) is 4.00. The van der Waals surface area contributed by atoms with Crippen molar-refractivity contribution in [3.63, 3.8) is 0 Å². The standard InChI is InChI=1S/C22H27ClN2O6S/c1-4-6-13-31-22(27)16-7-9-17(10-8-16)24-21(26)15(3)25-32(28,29)18-11-12-20(30-5-2)19(23)14-18/h7-12,14-15,25H,4-6,13H2,1-3H3,(H,24,26)/t15-/m1/s1. The van der Waals surface area contributed by atoms with E-state index < -0.39 is 27.9 Å². The number of amides is 1. The first-order chi connectivity index (χ1) is 15.2. The van der Waals surface area contributed by atoms with Crippen LogP contribution in [0.15, 0.2) is 47.4 Å². The normalized spacial score (nSPS) is 12.1. The summed E-state index contributed by atoms with van der Waals surface area (Å²) in [4.78, 5) is 24.3. The Labute approximate surface area is 193 Å². The molecule has 2 rings (SSSR count). The van der Waals surface area contributed by atoms with Gasteiger partial charge in [-0.05, 0) is 62.7 Å². The highest BCUT2D eigenvalue weighted by Gasteiger charge is 2.23. The number of sulfonamides is 1. The predicted molar refractivity (Wildman–Crippen MR) is 123 cm³/mol. The van der Waals surface area contributed by atoms with Crippen LogP contribution in [0.2, 0.25) is 5.02 Å². The van der Waals surface area contributed by atoms with Gasteiger partial charge in [-0.15, -0.1) is 0 Å². The number of halogens is 1. The van der Waals surface area contributed by atoms with Crippen LogP contribution in [0.25, 0.3) is 0 Å². The number of unbranched alkanes of at least 4 members (excludes halogenated alkanes) is 1. The Morgan fingerprint density at radius 2 is 1.78 bits per heavy atom. The molecule has 2 aromatic rings. The Kier molecular flexibility index (Phi) is 9.49. The fraction of sp³-hybridized carbons (Fsp3) is 0.364. The number of rotatable bonds is 11. The Morgan fingerprint density at radius 3 is 2.38 bits per heavy atom. The molecule has 1 atom stereocenters. The van der Waals surface area contributed by atoms with Crippen molar-refractivity contribution in [2.24, 2.45) is 0 Å². The summed E-state index contributed by atoms with van der Waals surface area (Å²) >= 11 is 6.06. The van der Waals surface area contributed by atoms with Crippen molar-refractivity contribution in [1.82, 2.24) is 4.72 Å². The summed E-state index contributed by atoms with van der Waals surface area (Å²) < 4.78 is 38.0. The maximum absolute atomic E-state index is 12.6. The van der Waals surface area contributed by atoms with Crippen LogP contribution in [0, 0.1) is 0 Å². The molecular weight excluding hydrogens is 456 g/mol. The molecule has 0 unspecified atom stereocenters. The van der Waals surface area contributed by atoms with E-state index in [9.17, 15) is 18.0 Å². The lowest BCUT2D eigenvalue weighted by Gasteiger charge is -2.15. The van der Waals surface area contributed by atoms with E-state index >= 15 is 0 Å². The summed E-state index contributed by atoms with van der Waals surface area (Å²) in [6, 6.07) is 9.15. The third-order valence-corrected chi connectivity index (χ3v) is 6.19. The third-order valence-electron chi connectivity index (χ3n) is 4.36. The first-order valence-corrected chi connectivity index (χ1v) is 12.1. The van der Waals surface area contributed by atoms with Gasteiger partial charge in [-0.25, -0.2) is 13.2 Å². The largest absolute Gasteiger partial charge is 0.492 e. The van der Waals surface area contributed by atoms with Gasteiger partial charge in [-0.2, -0.15) is 4.72 Å². The molecule has 0 bridgehead atoms. The molecule has 0 saturated heterocycles. The number of nitrogens with one attached hydrogen (secondary N) is 2. The minimum Gasteiger partial charge on any atom is -0.492 e. The average Bonchev–Trinajstić information content (AvgIpc) is 2.75. The molecule has 0 aliphatic heterocycles. The first-order valence-electron chi connectivity index (χ1n) is 10.2. The topological polar surface area (TPSA) is 111 Å². The van der Waals surface area contributed by atoms with Crippen LogP contribution in [-0.2, 0) is 19.6 Å². The Morgan fingerprint density at radius 1 is 1.09 bits per heavy atom. The molecular formula is C22H27ClN2O6S. The van der Waals surface area contributed by atoms with Crippen molar-refractivity contribution in [3.8, 4) is 5.75 Å². The minimum atomic E-state index is -3.99. The molecule has 2 aromatic carbocycles. The average molecular weight is 483 g/mol. The highest BCUT2D eigenvalue weighted by molar-refractivity contribution is 7.89. The zero-order valence-electron chi connectivity index (χ0n) is 18.2. The summed E-state index contributed by atoms with van der Waals surface area (Å²) in [7, 11) is -3.99. The fourth-order valence-electron chi connectivity index (χ4n) is 2.61. The number of carbonyl (C=O) groups excluding carboxylic acids is 2. The third kappa shape index (κ3) is 7.22. The molecule has 2 N–H and O–H groups in total. The second-order valence-electron chi connectivity index (χ2n) is 6.92. The number of ether oxygens (including phenoxy) is 2. The molecule has 0 fully saturated rings. The Bertz CT molecular complexity index is 1040. The van der Waals surface area contributed by atoms with Crippen molar-refractivity contribution in [2.45, 2.75) is 44.6 Å². The van der Waals surface area contributed by atoms with Crippen molar-refractivity contribution in [3.05, 3.63) is 53.1 Å². The minimum absolute atomic E-state index is 0.0865. The van der Waals surface area contributed by atoms with Crippen LogP contribution in [0.1, 0.15) is 44.0 Å². The molecule has 0 radical (unpaired) electrons. The highest BCUT2D eigenvalue weighted by atomic mass is 35.5. The molecule has 32 heavy (non-hydrogen) atoms. The van der Waals surface area contributed by atoms with E-state index in [-0.39, 0.29) is 9.92 Å². The van der Waals surface area contributed by atoms with Crippen LogP contribution in [0.3, 0.4) is 0 Å². The fourth-order valence-corrected chi connectivity index (χ4v) is 4.14. The van der Waals surface area contributed by atoms with Gasteiger partial charge >= 0.3 is 5.97 Å². The molecule has 0 saturated carbocycles. The number of hydrogen-bond donors (Lipinski definition) is 2. The highest BCUT2D eigenvalue weighted by Crippen LogP contribution is 2.27. The molecule has 174 valence electrons. The van der Waals surface area contributed by atoms with E-state index in [2.05, 4.69) is 10.0 Å². The Hall–Kier alpha value is -2.62. The molecule has 0 spiro atoms. The zero-order valence-corrected chi connectivity index (χ0v) is 19.8. The van der Waals surface area contributed by atoms with Gasteiger partial charge in [-0.1, -0.05) is 24.9 Å². The number of anilines is 1. The molecule has 10 heteroatoms. The van der Waals surface area contributed by atoms with Gasteiger partial charge in [0.2, 0.25) is 15.9 Å². The Balaban J connectivity index is 1.98. The summed E-state index contributed by atoms with van der Waals surface area (Å²) in [6.45, 7) is 5.95. The summed E-state index contributed by atoms with van der Waals surface area (Å²) in [6.07, 6.45) is 1.71. The molecule has 0 aliphatic rings. The quantitative estimate of drug-likeness (QED) is 0.370. The SMILES string of the molecule is CCCCOC(=O)c1ccc(NC(=O)[C@@H](C)NS(=O)(=O)c2ccc(OCC)c(Cl)c2)cc1. The van der Waals surface area contributed by atoms with Gasteiger partial charge in [0.15, 0.2) is 0 Å². The zero-order chi connectivity index (χ0) is 23.7. The van der Waals surface area contributed by atoms with Gasteiger partial charge in [0.1, 0.15) is 5.75 Å². The monoisotopic (exact) mass is 482 g/mol. The van der Waals surface area contributed by atoms with E-state index in [0.717, 1.165) is 12.8 Å². The summed E-state index contributed by atoms with van der Waals surface area (Å²) in [5, 5.41) is 2.76. The molecule has 0 heterocycles. The second-order valence-corrected chi connectivity index (χ2v) is 9.05. The van der Waals surface area contributed by atoms with Crippen LogP contribution in [0.4, 0.5) is 5.69 Å². The molecule has 8 nitrogen and oxygen atoms in total. The van der Waals surface area contributed by atoms with Gasteiger partial charge in [0.25, 0.3) is 0 Å². The van der Waals surface area contributed by atoms with E-state index in [1.807, 2.05) is 6.92 Å². The summed E-state index contributed by atoms with van der Waals surface area (Å²) in [5.41, 5.74) is 0.774. The molecule has 0 aliphatic carbocycles. The van der Waals surface area contributed by atoms with Crippen LogP contribution < -0.4 is 14.8 Å². The van der Waals surface area contributed by atoms with E-state index in [1.54, 1.807) is 19.1 Å². The van der Waals surface area contributed by atoms with E-state index in [1.165, 1.54) is 37.3 Å². The molecule has 1 amide bonds. The van der Waals surface area contributed by atoms with Gasteiger partial charge < -0.3 is 14.8 Å². The summed E-state index contributed by atoms with van der Waals surface area (Å²) in [5.74, 6) is -0.632. The lowest BCUT2D eigenvalue weighted by Crippen LogP contribution is -2.41. The van der Waals surface area contributed by atoms with E-state index in [4.69, 9.17) is 21.1 Å². The number of hydrogen-bond acceptors (Lipinski definition) is 6. The van der Waals surface area contributed by atoms with Crippen LogP contribution in [0.5, 0.6) is 5.75 Å². The van der Waals surface area contributed by atoms with Crippen LogP contribution >= 0.6 is 11.6 Å². The van der Waals surface area contributed by atoms with Gasteiger partial charge in [0.05, 0.1) is 34.7 Å².